The third kappa shape index (κ3) is 2.59. The Morgan fingerprint density at radius 1 is 1.46 bits per heavy atom. The molecule has 0 radical (unpaired) electrons. The first-order chi connectivity index (χ1) is 6.15. The van der Waals surface area contributed by atoms with Crippen molar-refractivity contribution in [2.75, 3.05) is 7.11 Å². The topological polar surface area (TPSA) is 9.23 Å². The van der Waals surface area contributed by atoms with Gasteiger partial charge in [-0.3, -0.25) is 0 Å². The average molecular weight is 241 g/mol. The van der Waals surface area contributed by atoms with E-state index in [1.807, 2.05) is 13.0 Å². The van der Waals surface area contributed by atoms with Crippen molar-refractivity contribution in [3.63, 3.8) is 0 Å². The number of methoxy groups -OCH3 is 1. The highest BCUT2D eigenvalue weighted by Gasteiger charge is 2.00. The predicted octanol–water partition coefficient (Wildman–Crippen LogP) is 3.76. The standard InChI is InChI=1S/C11H13BrO/c1-8-6-10(12)4-5-11(8)9(2)7-13-3/h4-7H,1-3H3. The van der Waals surface area contributed by atoms with Gasteiger partial charge in [0.2, 0.25) is 0 Å². The van der Waals surface area contributed by atoms with Gasteiger partial charge < -0.3 is 4.74 Å². The summed E-state index contributed by atoms with van der Waals surface area (Å²) in [6.07, 6.45) is 1.76. The van der Waals surface area contributed by atoms with E-state index in [1.54, 1.807) is 13.4 Å². The van der Waals surface area contributed by atoms with Crippen molar-refractivity contribution in [3.05, 3.63) is 40.1 Å². The lowest BCUT2D eigenvalue weighted by atomic mass is 10.0. The molecule has 1 nitrogen and oxygen atoms in total. The summed E-state index contributed by atoms with van der Waals surface area (Å²) < 4.78 is 6.08. The first-order valence-electron chi connectivity index (χ1n) is 4.11. The van der Waals surface area contributed by atoms with Gasteiger partial charge in [0.25, 0.3) is 0 Å². The molecule has 70 valence electrons. The largest absolute Gasteiger partial charge is 0.504 e. The van der Waals surface area contributed by atoms with Crippen LogP contribution < -0.4 is 0 Å². The fourth-order valence-corrected chi connectivity index (χ4v) is 1.79. The summed E-state index contributed by atoms with van der Waals surface area (Å²) in [5.41, 5.74) is 3.62. The van der Waals surface area contributed by atoms with E-state index in [0.29, 0.717) is 0 Å². The predicted molar refractivity (Wildman–Crippen MR) is 59.5 cm³/mol. The number of halogens is 1. The first kappa shape index (κ1) is 10.3. The molecular weight excluding hydrogens is 228 g/mol. The molecule has 0 spiro atoms. The van der Waals surface area contributed by atoms with Crippen LogP contribution >= 0.6 is 15.9 Å². The Balaban J connectivity index is 3.09. The normalized spacial score (nSPS) is 11.5. The van der Waals surface area contributed by atoms with E-state index in [2.05, 4.69) is 35.0 Å². The van der Waals surface area contributed by atoms with Crippen LogP contribution in [-0.4, -0.2) is 7.11 Å². The number of aryl methyl sites for hydroxylation is 1. The van der Waals surface area contributed by atoms with Crippen LogP contribution in [0.5, 0.6) is 0 Å². The number of allylic oxidation sites excluding steroid dienone is 1. The van der Waals surface area contributed by atoms with Gasteiger partial charge in [-0.25, -0.2) is 0 Å². The highest BCUT2D eigenvalue weighted by Crippen LogP contribution is 2.21. The lowest BCUT2D eigenvalue weighted by molar-refractivity contribution is 0.339. The van der Waals surface area contributed by atoms with Crippen molar-refractivity contribution in [3.8, 4) is 0 Å². The van der Waals surface area contributed by atoms with Crippen LogP contribution in [0.4, 0.5) is 0 Å². The molecule has 0 bridgehead atoms. The number of ether oxygens (including phenoxy) is 1. The SMILES string of the molecule is COC=C(C)c1ccc(Br)cc1C. The van der Waals surface area contributed by atoms with E-state index in [0.717, 1.165) is 10.0 Å². The number of benzene rings is 1. The third-order valence-electron chi connectivity index (χ3n) is 1.91. The van der Waals surface area contributed by atoms with Crippen LogP contribution in [0, 0.1) is 6.92 Å². The van der Waals surface area contributed by atoms with Gasteiger partial charge in [0.05, 0.1) is 13.4 Å². The van der Waals surface area contributed by atoms with E-state index in [9.17, 15) is 0 Å². The summed E-state index contributed by atoms with van der Waals surface area (Å²) in [4.78, 5) is 0. The number of hydrogen-bond acceptors (Lipinski definition) is 1. The minimum absolute atomic E-state index is 1.11. The molecule has 0 atom stereocenters. The molecule has 0 unspecified atom stereocenters. The monoisotopic (exact) mass is 240 g/mol. The van der Waals surface area contributed by atoms with E-state index in [1.165, 1.54) is 11.1 Å². The molecular formula is C11H13BrO. The van der Waals surface area contributed by atoms with Gasteiger partial charge in [0, 0.05) is 4.47 Å². The summed E-state index contributed by atoms with van der Waals surface area (Å²) in [7, 11) is 1.66. The second-order valence-corrected chi connectivity index (χ2v) is 3.91. The van der Waals surface area contributed by atoms with Crippen molar-refractivity contribution < 1.29 is 4.74 Å². The summed E-state index contributed by atoms with van der Waals surface area (Å²) in [6.45, 7) is 4.13. The molecule has 0 N–H and O–H groups in total. The van der Waals surface area contributed by atoms with Gasteiger partial charge in [-0.15, -0.1) is 0 Å². The molecule has 13 heavy (non-hydrogen) atoms. The van der Waals surface area contributed by atoms with Crippen molar-refractivity contribution in [2.24, 2.45) is 0 Å². The molecule has 1 rings (SSSR count). The summed E-state index contributed by atoms with van der Waals surface area (Å²) in [6, 6.07) is 6.22. The molecule has 0 aromatic heterocycles. The van der Waals surface area contributed by atoms with Gasteiger partial charge in [-0.2, -0.15) is 0 Å². The molecule has 0 amide bonds. The second-order valence-electron chi connectivity index (χ2n) is 3.00. The molecule has 0 saturated carbocycles. The van der Waals surface area contributed by atoms with Crippen LogP contribution in [0.25, 0.3) is 5.57 Å². The molecule has 1 aromatic rings. The highest BCUT2D eigenvalue weighted by molar-refractivity contribution is 9.10. The first-order valence-corrected chi connectivity index (χ1v) is 4.90. The lowest BCUT2D eigenvalue weighted by Gasteiger charge is -2.05. The molecule has 1 aromatic carbocycles. The van der Waals surface area contributed by atoms with Crippen LogP contribution in [0.15, 0.2) is 28.9 Å². The Morgan fingerprint density at radius 3 is 2.69 bits per heavy atom. The third-order valence-corrected chi connectivity index (χ3v) is 2.40. The quantitative estimate of drug-likeness (QED) is 0.716. The lowest BCUT2D eigenvalue weighted by Crippen LogP contribution is -1.86. The van der Waals surface area contributed by atoms with E-state index < -0.39 is 0 Å². The highest BCUT2D eigenvalue weighted by atomic mass is 79.9. The molecule has 0 aliphatic heterocycles. The van der Waals surface area contributed by atoms with Gasteiger partial charge in [-0.05, 0) is 42.7 Å². The zero-order chi connectivity index (χ0) is 9.84. The van der Waals surface area contributed by atoms with E-state index in [-0.39, 0.29) is 0 Å². The van der Waals surface area contributed by atoms with Crippen LogP contribution in [0.1, 0.15) is 18.1 Å². The Kier molecular flexibility index (Phi) is 3.55. The molecule has 0 fully saturated rings. The van der Waals surface area contributed by atoms with Crippen molar-refractivity contribution in [1.29, 1.82) is 0 Å². The molecule has 0 saturated heterocycles. The molecule has 0 aliphatic carbocycles. The summed E-state index contributed by atoms with van der Waals surface area (Å²) in [5.74, 6) is 0. The fourth-order valence-electron chi connectivity index (χ4n) is 1.31. The van der Waals surface area contributed by atoms with Crippen molar-refractivity contribution in [1.82, 2.24) is 0 Å². The zero-order valence-corrected chi connectivity index (χ0v) is 9.68. The van der Waals surface area contributed by atoms with Gasteiger partial charge in [-0.1, -0.05) is 22.0 Å². The maximum Gasteiger partial charge on any atom is 0.0859 e. The van der Waals surface area contributed by atoms with Gasteiger partial charge in [0.1, 0.15) is 0 Å². The molecule has 0 heterocycles. The Bertz CT molecular complexity index is 329. The van der Waals surface area contributed by atoms with E-state index >= 15 is 0 Å². The van der Waals surface area contributed by atoms with E-state index in [4.69, 9.17) is 4.74 Å². The smallest absolute Gasteiger partial charge is 0.0859 e. The minimum Gasteiger partial charge on any atom is -0.504 e. The van der Waals surface area contributed by atoms with Crippen LogP contribution in [0.3, 0.4) is 0 Å². The summed E-state index contributed by atoms with van der Waals surface area (Å²) >= 11 is 3.43. The molecule has 0 aliphatic rings. The fraction of sp³-hybridized carbons (Fsp3) is 0.273. The average Bonchev–Trinajstić information content (AvgIpc) is 2.04. The Morgan fingerprint density at radius 2 is 2.15 bits per heavy atom. The number of hydrogen-bond donors (Lipinski definition) is 0. The molecule has 2 heteroatoms. The van der Waals surface area contributed by atoms with Gasteiger partial charge in [0.15, 0.2) is 0 Å². The Hall–Kier alpha value is -0.760. The van der Waals surface area contributed by atoms with Crippen LogP contribution in [0.2, 0.25) is 0 Å². The van der Waals surface area contributed by atoms with Crippen molar-refractivity contribution >= 4 is 21.5 Å². The van der Waals surface area contributed by atoms with Crippen LogP contribution in [-0.2, 0) is 4.74 Å². The summed E-state index contributed by atoms with van der Waals surface area (Å²) in [5, 5.41) is 0. The second kappa shape index (κ2) is 4.47. The maximum absolute atomic E-state index is 4.97. The number of rotatable bonds is 2. The van der Waals surface area contributed by atoms with Crippen molar-refractivity contribution in [2.45, 2.75) is 13.8 Å². The minimum atomic E-state index is 1.11. The van der Waals surface area contributed by atoms with Gasteiger partial charge >= 0.3 is 0 Å². The zero-order valence-electron chi connectivity index (χ0n) is 8.10. The maximum atomic E-state index is 4.97. The Labute approximate surface area is 87.5 Å².